The van der Waals surface area contributed by atoms with Gasteiger partial charge in [0.25, 0.3) is 5.91 Å². The maximum absolute atomic E-state index is 14.5. The van der Waals surface area contributed by atoms with Crippen molar-refractivity contribution in [2.45, 2.75) is 125 Å². The first kappa shape index (κ1) is 36.6. The molecule has 8 nitrogen and oxygen atoms in total. The van der Waals surface area contributed by atoms with E-state index in [1.807, 2.05) is 45.9 Å². The zero-order valence-corrected chi connectivity index (χ0v) is 28.4. The Hall–Kier alpha value is -3.55. The van der Waals surface area contributed by atoms with Crippen molar-refractivity contribution in [2.24, 2.45) is 5.92 Å². The molecule has 3 amide bonds. The quantitative estimate of drug-likeness (QED) is 0.177. The number of nitrogens with zero attached hydrogens (tertiary/aromatic N) is 1. The van der Waals surface area contributed by atoms with E-state index in [9.17, 15) is 19.5 Å². The van der Waals surface area contributed by atoms with E-state index in [-0.39, 0.29) is 23.5 Å². The predicted octanol–water partition coefficient (Wildman–Crippen LogP) is 8.13. The summed E-state index contributed by atoms with van der Waals surface area (Å²) >= 11 is 0. The van der Waals surface area contributed by atoms with Crippen molar-refractivity contribution >= 4 is 23.6 Å². The van der Waals surface area contributed by atoms with Gasteiger partial charge in [0.1, 0.15) is 23.4 Å². The van der Waals surface area contributed by atoms with Crippen LogP contribution in [0.4, 0.5) is 10.5 Å². The Kier molecular flexibility index (Phi) is 14.2. The molecule has 2 rings (SSSR count). The minimum absolute atomic E-state index is 0.0904. The number of hydrogen-bond acceptors (Lipinski definition) is 5. The number of phenolic OH excluding ortho intramolecular Hbond substituents is 1. The summed E-state index contributed by atoms with van der Waals surface area (Å²) in [4.78, 5) is 43.3. The highest BCUT2D eigenvalue weighted by molar-refractivity contribution is 6.00. The molecular weight excluding hydrogens is 554 g/mol. The van der Waals surface area contributed by atoms with Gasteiger partial charge >= 0.3 is 6.09 Å². The Morgan fingerprint density at radius 1 is 0.909 bits per heavy atom. The Morgan fingerprint density at radius 2 is 1.52 bits per heavy atom. The summed E-state index contributed by atoms with van der Waals surface area (Å²) in [7, 11) is 0. The van der Waals surface area contributed by atoms with Gasteiger partial charge in [0.15, 0.2) is 0 Å². The molecule has 0 fully saturated rings. The molecule has 0 aliphatic carbocycles. The van der Waals surface area contributed by atoms with Crippen molar-refractivity contribution < 1.29 is 24.2 Å². The molecule has 2 unspecified atom stereocenters. The SMILES string of the molecule is CCCCCCCCN(C(=O)C(CC(C)C)NC(=O)OC(C)(C)C)C(C(=O)Nc1c(C)cccc1C)c1ccc(O)c(C)c1. The molecule has 44 heavy (non-hydrogen) atoms. The van der Waals surface area contributed by atoms with Crippen LogP contribution in [0.5, 0.6) is 5.75 Å². The number of alkyl carbamates (subject to hydrolysis) is 1. The number of ether oxygens (including phenoxy) is 1. The molecule has 2 aromatic carbocycles. The molecular formula is C36H55N3O5. The van der Waals surface area contributed by atoms with E-state index >= 15 is 0 Å². The van der Waals surface area contributed by atoms with Crippen LogP contribution < -0.4 is 10.6 Å². The summed E-state index contributed by atoms with van der Waals surface area (Å²) < 4.78 is 5.51. The van der Waals surface area contributed by atoms with Gasteiger partial charge in [-0.3, -0.25) is 9.59 Å². The number of aromatic hydroxyl groups is 1. The number of para-hydroxylation sites is 1. The van der Waals surface area contributed by atoms with Gasteiger partial charge in [0, 0.05) is 12.2 Å². The number of rotatable bonds is 15. The molecule has 0 saturated carbocycles. The summed E-state index contributed by atoms with van der Waals surface area (Å²) in [5, 5.41) is 16.2. The average molecular weight is 610 g/mol. The molecule has 0 spiro atoms. The number of hydrogen-bond donors (Lipinski definition) is 3. The molecule has 0 aliphatic rings. The third-order valence-electron chi connectivity index (χ3n) is 7.56. The summed E-state index contributed by atoms with van der Waals surface area (Å²) in [5.74, 6) is -0.494. The number of amides is 3. The second-order valence-corrected chi connectivity index (χ2v) is 13.3. The fraction of sp³-hybridized carbons (Fsp3) is 0.583. The van der Waals surface area contributed by atoms with Gasteiger partial charge in [-0.15, -0.1) is 0 Å². The van der Waals surface area contributed by atoms with E-state index < -0.39 is 23.8 Å². The lowest BCUT2D eigenvalue weighted by molar-refractivity contribution is -0.141. The van der Waals surface area contributed by atoms with Crippen LogP contribution in [0.2, 0.25) is 0 Å². The first-order valence-corrected chi connectivity index (χ1v) is 16.1. The van der Waals surface area contributed by atoms with Crippen LogP contribution in [-0.2, 0) is 14.3 Å². The van der Waals surface area contributed by atoms with Gasteiger partial charge in [0.2, 0.25) is 5.91 Å². The number of unbranched alkanes of at least 4 members (excludes halogenated alkanes) is 5. The van der Waals surface area contributed by atoms with E-state index in [0.29, 0.717) is 36.2 Å². The number of carbonyl (C=O) groups is 3. The van der Waals surface area contributed by atoms with Gasteiger partial charge < -0.3 is 25.4 Å². The van der Waals surface area contributed by atoms with E-state index in [2.05, 4.69) is 17.6 Å². The third-order valence-corrected chi connectivity index (χ3v) is 7.56. The van der Waals surface area contributed by atoms with Crippen LogP contribution in [0.1, 0.15) is 115 Å². The lowest BCUT2D eigenvalue weighted by Gasteiger charge is -2.35. The lowest BCUT2D eigenvalue weighted by atomic mass is 9.97. The first-order chi connectivity index (χ1) is 20.6. The smallest absolute Gasteiger partial charge is 0.408 e. The number of anilines is 1. The zero-order valence-electron chi connectivity index (χ0n) is 28.4. The van der Waals surface area contributed by atoms with E-state index in [1.165, 1.54) is 0 Å². The number of carbonyl (C=O) groups excluding carboxylic acids is 3. The number of aryl methyl sites for hydroxylation is 3. The van der Waals surface area contributed by atoms with Gasteiger partial charge in [-0.25, -0.2) is 4.79 Å². The van der Waals surface area contributed by atoms with Crippen LogP contribution in [0, 0.1) is 26.7 Å². The van der Waals surface area contributed by atoms with Crippen molar-refractivity contribution in [1.29, 1.82) is 0 Å². The van der Waals surface area contributed by atoms with Crippen molar-refractivity contribution in [3.05, 3.63) is 58.7 Å². The van der Waals surface area contributed by atoms with Gasteiger partial charge in [-0.2, -0.15) is 0 Å². The van der Waals surface area contributed by atoms with E-state index in [4.69, 9.17) is 4.74 Å². The molecule has 8 heteroatoms. The zero-order chi connectivity index (χ0) is 33.0. The summed E-state index contributed by atoms with van der Waals surface area (Å²) in [5.41, 5.74) is 2.99. The van der Waals surface area contributed by atoms with Crippen LogP contribution in [0.15, 0.2) is 36.4 Å². The van der Waals surface area contributed by atoms with Crippen LogP contribution in [0.25, 0.3) is 0 Å². The Balaban J connectivity index is 2.60. The molecule has 0 saturated heterocycles. The fourth-order valence-corrected chi connectivity index (χ4v) is 5.30. The van der Waals surface area contributed by atoms with Crippen molar-refractivity contribution in [3.63, 3.8) is 0 Å². The maximum atomic E-state index is 14.5. The highest BCUT2D eigenvalue weighted by Gasteiger charge is 2.37. The summed E-state index contributed by atoms with van der Waals surface area (Å²) in [6, 6.07) is 8.93. The van der Waals surface area contributed by atoms with Crippen LogP contribution in [-0.4, -0.2) is 46.1 Å². The maximum Gasteiger partial charge on any atom is 0.408 e. The third kappa shape index (κ3) is 11.5. The second kappa shape index (κ2) is 17.1. The predicted molar refractivity (Wildman–Crippen MR) is 178 cm³/mol. The molecule has 0 aromatic heterocycles. The highest BCUT2D eigenvalue weighted by Crippen LogP contribution is 2.30. The Morgan fingerprint density at radius 3 is 2.09 bits per heavy atom. The van der Waals surface area contributed by atoms with Gasteiger partial charge in [-0.05, 0) is 94.7 Å². The van der Waals surface area contributed by atoms with Gasteiger partial charge in [-0.1, -0.05) is 77.1 Å². The number of nitrogens with one attached hydrogen (secondary N) is 2. The molecule has 244 valence electrons. The summed E-state index contributed by atoms with van der Waals surface area (Å²) in [6.45, 7) is 17.5. The molecule has 0 radical (unpaired) electrons. The standard InChI is InChI=1S/C36H55N3O5/c1-10-11-12-13-14-15-21-39(34(42)29(22-24(2)3)37-35(43)44-36(7,8)9)32(28-19-20-30(40)27(6)23-28)33(41)38-31-25(4)17-16-18-26(31)5/h16-20,23-24,29,32,40H,10-15,21-22H2,1-9H3,(H,37,43)(H,38,41). The Labute approximate surface area is 264 Å². The topological polar surface area (TPSA) is 108 Å². The largest absolute Gasteiger partial charge is 0.508 e. The second-order valence-electron chi connectivity index (χ2n) is 13.3. The molecule has 0 bridgehead atoms. The first-order valence-electron chi connectivity index (χ1n) is 16.1. The minimum Gasteiger partial charge on any atom is -0.508 e. The van der Waals surface area contributed by atoms with E-state index in [1.54, 1.807) is 50.8 Å². The number of benzene rings is 2. The molecule has 3 N–H and O–H groups in total. The number of phenols is 1. The lowest BCUT2D eigenvalue weighted by Crippen LogP contribution is -2.53. The molecule has 2 aromatic rings. The fourth-order valence-electron chi connectivity index (χ4n) is 5.30. The molecule has 0 aliphatic heterocycles. The van der Waals surface area contributed by atoms with Crippen LogP contribution in [0.3, 0.4) is 0 Å². The molecule has 0 heterocycles. The minimum atomic E-state index is -0.994. The Bertz CT molecular complexity index is 1230. The monoisotopic (exact) mass is 609 g/mol. The van der Waals surface area contributed by atoms with Crippen molar-refractivity contribution in [1.82, 2.24) is 10.2 Å². The van der Waals surface area contributed by atoms with Crippen LogP contribution >= 0.6 is 0 Å². The van der Waals surface area contributed by atoms with Gasteiger partial charge in [0.05, 0.1) is 0 Å². The van der Waals surface area contributed by atoms with Crippen molar-refractivity contribution in [2.75, 3.05) is 11.9 Å². The van der Waals surface area contributed by atoms with Crippen molar-refractivity contribution in [3.8, 4) is 5.75 Å². The van der Waals surface area contributed by atoms with E-state index in [0.717, 1.165) is 43.2 Å². The average Bonchev–Trinajstić information content (AvgIpc) is 2.91. The molecule has 2 atom stereocenters. The summed E-state index contributed by atoms with van der Waals surface area (Å²) in [6.07, 6.45) is 5.79. The highest BCUT2D eigenvalue weighted by atomic mass is 16.6. The normalized spacial score (nSPS) is 12.9.